The van der Waals surface area contributed by atoms with Crippen LogP contribution in [0.5, 0.6) is 0 Å². The van der Waals surface area contributed by atoms with E-state index in [-0.39, 0.29) is 54.1 Å². The number of hydrogen-bond acceptors (Lipinski definition) is 8. The third-order valence-electron chi connectivity index (χ3n) is 2.42. The van der Waals surface area contributed by atoms with E-state index in [2.05, 4.69) is 39.5 Å². The Kier molecular flexibility index (Phi) is 60.2. The van der Waals surface area contributed by atoms with Gasteiger partial charge in [0.1, 0.15) is 0 Å². The zero-order chi connectivity index (χ0) is 35.4. The van der Waals surface area contributed by atoms with Crippen LogP contribution >= 0.6 is 0 Å². The molecule has 0 saturated carbocycles. The molecular formula is C29H54O12. The van der Waals surface area contributed by atoms with E-state index in [9.17, 15) is 19.2 Å². The molecule has 0 aliphatic heterocycles. The molecule has 12 nitrogen and oxygen atoms in total. The number of rotatable bonds is 7. The largest absolute Gasteiger partial charge is 0.478 e. The predicted molar refractivity (Wildman–Crippen MR) is 164 cm³/mol. The summed E-state index contributed by atoms with van der Waals surface area (Å²) in [6.07, 6.45) is 3.50. The molecule has 242 valence electrons. The number of aliphatic hydroxyl groups excluding tert-OH is 4. The van der Waals surface area contributed by atoms with Crippen molar-refractivity contribution in [3.63, 3.8) is 0 Å². The number of aliphatic carboxylic acids is 4. The van der Waals surface area contributed by atoms with E-state index in [1.165, 1.54) is 27.7 Å². The Balaban J connectivity index is -0.0000000514. The van der Waals surface area contributed by atoms with Gasteiger partial charge in [-0.05, 0) is 41.5 Å². The molecule has 0 bridgehead atoms. The van der Waals surface area contributed by atoms with E-state index in [0.29, 0.717) is 0 Å². The quantitative estimate of drug-likeness (QED) is 0.155. The lowest BCUT2D eigenvalue weighted by molar-refractivity contribution is -0.133. The smallest absolute Gasteiger partial charge is 0.330 e. The highest BCUT2D eigenvalue weighted by Crippen LogP contribution is 2.10. The van der Waals surface area contributed by atoms with Gasteiger partial charge in [0.05, 0.1) is 26.4 Å². The summed E-state index contributed by atoms with van der Waals surface area (Å²) < 4.78 is 0. The summed E-state index contributed by atoms with van der Waals surface area (Å²) in [5, 5.41) is 63.7. The van der Waals surface area contributed by atoms with Gasteiger partial charge in [-0.2, -0.15) is 0 Å². The fourth-order valence-electron chi connectivity index (χ4n) is 0.0500. The molecule has 0 heterocycles. The molecule has 0 rings (SSSR count). The molecule has 0 saturated heterocycles. The highest BCUT2D eigenvalue weighted by atomic mass is 16.4. The van der Waals surface area contributed by atoms with Crippen LogP contribution in [0.15, 0.2) is 73.9 Å². The monoisotopic (exact) mass is 594 g/mol. The van der Waals surface area contributed by atoms with Crippen molar-refractivity contribution in [3.05, 3.63) is 73.9 Å². The molecule has 0 radical (unpaired) electrons. The number of carboxylic acids is 4. The van der Waals surface area contributed by atoms with Crippen molar-refractivity contribution in [3.8, 4) is 0 Å². The van der Waals surface area contributed by atoms with Crippen molar-refractivity contribution < 1.29 is 60.0 Å². The Morgan fingerprint density at radius 1 is 0.537 bits per heavy atom. The summed E-state index contributed by atoms with van der Waals surface area (Å²) in [4.78, 5) is 38.4. The van der Waals surface area contributed by atoms with Crippen LogP contribution in [-0.4, -0.2) is 91.2 Å². The van der Waals surface area contributed by atoms with Crippen LogP contribution in [0.4, 0.5) is 0 Å². The summed E-state index contributed by atoms with van der Waals surface area (Å²) in [7, 11) is 0. The molecule has 0 atom stereocenters. The van der Waals surface area contributed by atoms with Gasteiger partial charge >= 0.3 is 23.9 Å². The van der Waals surface area contributed by atoms with Crippen LogP contribution in [-0.2, 0) is 19.2 Å². The standard InChI is InChI=1S/C5H12O2.4C4H6O2.2C3H6.C2H6O2/c1-5(2,3-6)4-7;4*1-3(2)4(5)6;2*1-3-2;3-1-2-4/h6-7H,3-4H2,1-2H3;4*1H2,2H3,(H,5,6);2*3H,1H2,2H3;3-4H,1-2H2. The number of aliphatic hydroxyl groups is 4. The normalized spacial score (nSPS) is 7.80. The van der Waals surface area contributed by atoms with Crippen molar-refractivity contribution >= 4 is 23.9 Å². The first kappa shape index (κ1) is 57.1. The SMILES string of the molecule is C=C(C)C(=O)O.C=C(C)C(=O)O.C=C(C)C(=O)O.C=C(C)C(=O)O.C=CC.C=CC.CC(C)(CO)CO.OCCO. The van der Waals surface area contributed by atoms with E-state index in [0.717, 1.165) is 0 Å². The van der Waals surface area contributed by atoms with E-state index >= 15 is 0 Å². The molecule has 8 N–H and O–H groups in total. The summed E-state index contributed by atoms with van der Waals surface area (Å²) in [5.41, 5.74) is 0.398. The molecule has 12 heteroatoms. The third-order valence-corrected chi connectivity index (χ3v) is 2.42. The number of carboxylic acid groups (broad SMARTS) is 4. The van der Waals surface area contributed by atoms with Crippen molar-refractivity contribution in [1.29, 1.82) is 0 Å². The zero-order valence-corrected chi connectivity index (χ0v) is 25.9. The van der Waals surface area contributed by atoms with Gasteiger partial charge in [-0.1, -0.05) is 52.3 Å². The third kappa shape index (κ3) is 115. The number of carbonyl (C=O) groups is 4. The molecule has 0 aliphatic carbocycles. The fourth-order valence-corrected chi connectivity index (χ4v) is 0.0500. The van der Waals surface area contributed by atoms with Gasteiger partial charge in [0.15, 0.2) is 0 Å². The Bertz CT molecular complexity index is 606. The molecule has 0 aromatic carbocycles. The Morgan fingerprint density at radius 3 is 0.634 bits per heavy atom. The van der Waals surface area contributed by atoms with Crippen LogP contribution in [0.2, 0.25) is 0 Å². The minimum Gasteiger partial charge on any atom is -0.478 e. The lowest BCUT2D eigenvalue weighted by atomic mass is 9.97. The van der Waals surface area contributed by atoms with Gasteiger partial charge in [-0.25, -0.2) is 19.2 Å². The summed E-state index contributed by atoms with van der Waals surface area (Å²) in [6.45, 7) is 32.3. The maximum Gasteiger partial charge on any atom is 0.330 e. The first-order valence-corrected chi connectivity index (χ1v) is 11.6. The lowest BCUT2D eigenvalue weighted by Crippen LogP contribution is -2.20. The van der Waals surface area contributed by atoms with Crippen LogP contribution in [0, 0.1) is 5.41 Å². The van der Waals surface area contributed by atoms with E-state index in [4.69, 9.17) is 40.9 Å². The second kappa shape index (κ2) is 43.2. The van der Waals surface area contributed by atoms with Crippen molar-refractivity contribution in [2.24, 2.45) is 5.41 Å². The van der Waals surface area contributed by atoms with Crippen LogP contribution in [0.3, 0.4) is 0 Å². The summed E-state index contributed by atoms with van der Waals surface area (Å²) in [5.74, 6) is -3.74. The van der Waals surface area contributed by atoms with Gasteiger partial charge in [0.2, 0.25) is 0 Å². The predicted octanol–water partition coefficient (Wildman–Crippen LogP) is 3.94. The molecule has 0 aromatic heterocycles. The summed E-state index contributed by atoms with van der Waals surface area (Å²) >= 11 is 0. The van der Waals surface area contributed by atoms with Gasteiger partial charge < -0.3 is 40.9 Å². The average molecular weight is 595 g/mol. The molecule has 0 aromatic rings. The Hall–Kier alpha value is -3.84. The van der Waals surface area contributed by atoms with Gasteiger partial charge in [0.25, 0.3) is 0 Å². The Morgan fingerprint density at radius 2 is 0.634 bits per heavy atom. The molecule has 0 unspecified atom stereocenters. The molecule has 0 amide bonds. The lowest BCUT2D eigenvalue weighted by Gasteiger charge is -2.16. The number of hydrogen-bond donors (Lipinski definition) is 8. The zero-order valence-electron chi connectivity index (χ0n) is 25.9. The molecule has 0 fully saturated rings. The Labute approximate surface area is 245 Å². The van der Waals surface area contributed by atoms with Crippen molar-refractivity contribution in [1.82, 2.24) is 0 Å². The van der Waals surface area contributed by atoms with Crippen LogP contribution in [0.1, 0.15) is 55.4 Å². The second-order valence-electron chi connectivity index (χ2n) is 8.09. The van der Waals surface area contributed by atoms with E-state index in [1.807, 2.05) is 13.8 Å². The van der Waals surface area contributed by atoms with Crippen LogP contribution in [0.25, 0.3) is 0 Å². The molecule has 0 aliphatic rings. The summed E-state index contributed by atoms with van der Waals surface area (Å²) in [6, 6.07) is 0. The van der Waals surface area contributed by atoms with Crippen molar-refractivity contribution in [2.45, 2.75) is 55.4 Å². The highest BCUT2D eigenvalue weighted by Gasteiger charge is 2.13. The van der Waals surface area contributed by atoms with Gasteiger partial charge in [0, 0.05) is 27.7 Å². The van der Waals surface area contributed by atoms with Crippen LogP contribution < -0.4 is 0 Å². The fraction of sp³-hybridized carbons (Fsp3) is 0.448. The van der Waals surface area contributed by atoms with E-state index in [1.54, 1.807) is 26.0 Å². The second-order valence-corrected chi connectivity index (χ2v) is 8.09. The minimum atomic E-state index is -0.935. The maximum absolute atomic E-state index is 9.60. The minimum absolute atomic E-state index is 0.0451. The first-order valence-electron chi connectivity index (χ1n) is 11.6. The maximum atomic E-state index is 9.60. The number of allylic oxidation sites excluding steroid dienone is 2. The highest BCUT2D eigenvalue weighted by molar-refractivity contribution is 5.85. The molecular weight excluding hydrogens is 540 g/mol. The molecule has 0 spiro atoms. The molecule has 41 heavy (non-hydrogen) atoms. The van der Waals surface area contributed by atoms with Gasteiger partial charge in [-0.15, -0.1) is 13.2 Å². The topological polar surface area (TPSA) is 230 Å². The van der Waals surface area contributed by atoms with E-state index < -0.39 is 23.9 Å². The van der Waals surface area contributed by atoms with Gasteiger partial charge in [-0.3, -0.25) is 0 Å². The average Bonchev–Trinajstić information content (AvgIpc) is 2.86. The first-order chi connectivity index (χ1) is 18.4. The van der Waals surface area contributed by atoms with Crippen molar-refractivity contribution in [2.75, 3.05) is 26.4 Å².